The van der Waals surface area contributed by atoms with Gasteiger partial charge in [0.1, 0.15) is 0 Å². The number of nitrogens with two attached hydrogens (primary N) is 1. The summed E-state index contributed by atoms with van der Waals surface area (Å²) in [5, 5.41) is 1.36. The molecule has 0 unspecified atom stereocenters. The van der Waals surface area contributed by atoms with Gasteiger partial charge in [-0.2, -0.15) is 0 Å². The second-order valence-corrected chi connectivity index (χ2v) is 5.60. The van der Waals surface area contributed by atoms with Crippen molar-refractivity contribution in [2.24, 2.45) is 12.8 Å². The third-order valence-corrected chi connectivity index (χ3v) is 3.64. The Morgan fingerprint density at radius 1 is 1.29 bits per heavy atom. The lowest BCUT2D eigenvalue weighted by atomic mass is 9.81. The molecule has 1 heterocycles. The molecule has 2 heteroatoms. The Kier molecular flexibility index (Phi) is 3.00. The van der Waals surface area contributed by atoms with Gasteiger partial charge in [-0.1, -0.05) is 26.0 Å². The zero-order valence-electron chi connectivity index (χ0n) is 11.2. The van der Waals surface area contributed by atoms with Gasteiger partial charge in [0.05, 0.1) is 0 Å². The van der Waals surface area contributed by atoms with Crippen molar-refractivity contribution in [1.82, 2.24) is 4.57 Å². The average molecular weight is 230 g/mol. The summed E-state index contributed by atoms with van der Waals surface area (Å²) in [6, 6.07) is 6.67. The lowest BCUT2D eigenvalue weighted by Gasteiger charge is -2.23. The molecule has 0 atom stereocenters. The molecule has 1 aromatic heterocycles. The fraction of sp³-hybridized carbons (Fsp3) is 0.467. The third kappa shape index (κ3) is 2.09. The summed E-state index contributed by atoms with van der Waals surface area (Å²) in [5.41, 5.74) is 9.88. The van der Waals surface area contributed by atoms with E-state index in [9.17, 15) is 0 Å². The van der Waals surface area contributed by atoms with Gasteiger partial charge in [-0.3, -0.25) is 0 Å². The first kappa shape index (κ1) is 12.2. The van der Waals surface area contributed by atoms with E-state index in [0.717, 1.165) is 13.0 Å². The van der Waals surface area contributed by atoms with Crippen LogP contribution in [0.3, 0.4) is 0 Å². The maximum Gasteiger partial charge on any atom is 0.0483 e. The van der Waals surface area contributed by atoms with Crippen LogP contribution < -0.4 is 5.73 Å². The SMILES string of the molecule is Cc1ccc2c(C(C)(C)CCN)cn(C)c2c1. The molecule has 0 spiro atoms. The van der Waals surface area contributed by atoms with Crippen molar-refractivity contribution in [1.29, 1.82) is 0 Å². The largest absolute Gasteiger partial charge is 0.350 e. The van der Waals surface area contributed by atoms with Crippen molar-refractivity contribution in [3.63, 3.8) is 0 Å². The van der Waals surface area contributed by atoms with E-state index < -0.39 is 0 Å². The van der Waals surface area contributed by atoms with Gasteiger partial charge in [0.2, 0.25) is 0 Å². The van der Waals surface area contributed by atoms with Crippen LogP contribution in [0.5, 0.6) is 0 Å². The molecule has 1 aromatic carbocycles. The minimum Gasteiger partial charge on any atom is -0.350 e. The molecule has 2 N–H and O–H groups in total. The van der Waals surface area contributed by atoms with Crippen LogP contribution in [0.25, 0.3) is 10.9 Å². The van der Waals surface area contributed by atoms with Crippen molar-refractivity contribution >= 4 is 10.9 Å². The zero-order valence-corrected chi connectivity index (χ0v) is 11.2. The summed E-state index contributed by atoms with van der Waals surface area (Å²) in [6.45, 7) is 7.41. The Morgan fingerprint density at radius 3 is 2.65 bits per heavy atom. The standard InChI is InChI=1S/C15H22N2/c1-11-5-6-12-13(15(2,3)7-8-16)10-17(4)14(12)9-11/h5-6,9-10H,7-8,16H2,1-4H3. The minimum absolute atomic E-state index is 0.142. The summed E-state index contributed by atoms with van der Waals surface area (Å²) in [5.74, 6) is 0. The van der Waals surface area contributed by atoms with Crippen LogP contribution >= 0.6 is 0 Å². The van der Waals surface area contributed by atoms with Crippen molar-refractivity contribution in [2.45, 2.75) is 32.6 Å². The number of nitrogens with zero attached hydrogens (tertiary/aromatic N) is 1. The highest BCUT2D eigenvalue weighted by molar-refractivity contribution is 5.85. The van der Waals surface area contributed by atoms with Crippen LogP contribution in [0.2, 0.25) is 0 Å². The van der Waals surface area contributed by atoms with Gasteiger partial charge >= 0.3 is 0 Å². The van der Waals surface area contributed by atoms with Gasteiger partial charge in [-0.25, -0.2) is 0 Å². The van der Waals surface area contributed by atoms with Crippen LogP contribution in [0.1, 0.15) is 31.4 Å². The first-order chi connectivity index (χ1) is 7.95. The molecule has 2 aromatic rings. The van der Waals surface area contributed by atoms with Crippen LogP contribution in [0.4, 0.5) is 0 Å². The summed E-state index contributed by atoms with van der Waals surface area (Å²) >= 11 is 0. The van der Waals surface area contributed by atoms with E-state index in [2.05, 4.69) is 56.8 Å². The molecule has 0 aliphatic heterocycles. The number of fused-ring (bicyclic) bond motifs is 1. The number of hydrogen-bond acceptors (Lipinski definition) is 1. The van der Waals surface area contributed by atoms with E-state index in [1.807, 2.05) is 0 Å². The molecule has 0 fully saturated rings. The van der Waals surface area contributed by atoms with Gasteiger partial charge in [0, 0.05) is 24.1 Å². The van der Waals surface area contributed by atoms with E-state index in [1.165, 1.54) is 22.0 Å². The zero-order chi connectivity index (χ0) is 12.6. The van der Waals surface area contributed by atoms with E-state index in [-0.39, 0.29) is 5.41 Å². The molecule has 0 saturated heterocycles. The first-order valence-electron chi connectivity index (χ1n) is 6.22. The molecule has 0 radical (unpaired) electrons. The van der Waals surface area contributed by atoms with Crippen LogP contribution in [0, 0.1) is 6.92 Å². The van der Waals surface area contributed by atoms with Gasteiger partial charge in [0.25, 0.3) is 0 Å². The van der Waals surface area contributed by atoms with Gasteiger partial charge in [-0.05, 0) is 42.5 Å². The number of hydrogen-bond donors (Lipinski definition) is 1. The highest BCUT2D eigenvalue weighted by Crippen LogP contribution is 2.34. The summed E-state index contributed by atoms with van der Waals surface area (Å²) in [4.78, 5) is 0. The number of aromatic nitrogens is 1. The van der Waals surface area contributed by atoms with Crippen molar-refractivity contribution < 1.29 is 0 Å². The Bertz CT molecular complexity index is 535. The number of rotatable bonds is 3. The third-order valence-electron chi connectivity index (χ3n) is 3.64. The number of aryl methyl sites for hydroxylation is 2. The Labute approximate surface area is 103 Å². The maximum absolute atomic E-state index is 5.72. The quantitative estimate of drug-likeness (QED) is 0.863. The van der Waals surface area contributed by atoms with Gasteiger partial charge in [0.15, 0.2) is 0 Å². The molecule has 2 rings (SSSR count). The molecule has 2 nitrogen and oxygen atoms in total. The van der Waals surface area contributed by atoms with Crippen LogP contribution in [0.15, 0.2) is 24.4 Å². The topological polar surface area (TPSA) is 30.9 Å². The van der Waals surface area contributed by atoms with E-state index in [0.29, 0.717) is 0 Å². The predicted octanol–water partition coefficient (Wildman–Crippen LogP) is 3.11. The van der Waals surface area contributed by atoms with Crippen molar-refractivity contribution in [2.75, 3.05) is 6.54 Å². The average Bonchev–Trinajstić information content (AvgIpc) is 2.57. The second-order valence-electron chi connectivity index (χ2n) is 5.60. The van der Waals surface area contributed by atoms with E-state index in [1.54, 1.807) is 0 Å². The smallest absolute Gasteiger partial charge is 0.0483 e. The summed E-state index contributed by atoms with van der Waals surface area (Å²) in [6.07, 6.45) is 3.26. The lowest BCUT2D eigenvalue weighted by Crippen LogP contribution is -2.21. The Hall–Kier alpha value is -1.28. The molecular weight excluding hydrogens is 208 g/mol. The van der Waals surface area contributed by atoms with E-state index >= 15 is 0 Å². The summed E-state index contributed by atoms with van der Waals surface area (Å²) in [7, 11) is 2.11. The lowest BCUT2D eigenvalue weighted by molar-refractivity contribution is 0.490. The molecular formula is C15H22N2. The molecule has 92 valence electrons. The molecule has 0 aliphatic rings. The summed E-state index contributed by atoms with van der Waals surface area (Å²) < 4.78 is 2.22. The van der Waals surface area contributed by atoms with Crippen molar-refractivity contribution in [3.05, 3.63) is 35.5 Å². The van der Waals surface area contributed by atoms with Crippen LogP contribution in [-0.4, -0.2) is 11.1 Å². The van der Waals surface area contributed by atoms with Crippen LogP contribution in [-0.2, 0) is 12.5 Å². The number of benzene rings is 1. The highest BCUT2D eigenvalue weighted by atomic mass is 14.9. The van der Waals surface area contributed by atoms with Gasteiger partial charge in [-0.15, -0.1) is 0 Å². The predicted molar refractivity (Wildman–Crippen MR) is 74.4 cm³/mol. The second kappa shape index (κ2) is 4.19. The molecule has 0 saturated carbocycles. The molecule has 0 bridgehead atoms. The maximum atomic E-state index is 5.72. The normalized spacial score (nSPS) is 12.3. The van der Waals surface area contributed by atoms with E-state index in [4.69, 9.17) is 5.73 Å². The molecule has 0 amide bonds. The highest BCUT2D eigenvalue weighted by Gasteiger charge is 2.23. The van der Waals surface area contributed by atoms with Gasteiger partial charge < -0.3 is 10.3 Å². The Morgan fingerprint density at radius 2 is 2.00 bits per heavy atom. The molecule has 0 aliphatic carbocycles. The first-order valence-corrected chi connectivity index (χ1v) is 6.22. The van der Waals surface area contributed by atoms with Crippen molar-refractivity contribution in [3.8, 4) is 0 Å². The fourth-order valence-corrected chi connectivity index (χ4v) is 2.53. The molecule has 17 heavy (non-hydrogen) atoms. The Balaban J connectivity index is 2.63. The minimum atomic E-state index is 0.142. The monoisotopic (exact) mass is 230 g/mol. The fourth-order valence-electron chi connectivity index (χ4n) is 2.53.